The molecule has 0 fully saturated rings. The molecule has 0 spiro atoms. The zero-order valence-corrected chi connectivity index (χ0v) is 17.3. The first-order valence-electron chi connectivity index (χ1n) is 10.0. The number of carboxylic acid groups (broad SMARTS) is 2. The molecule has 1 heterocycles. The minimum absolute atomic E-state index is 0.0689. The molecule has 1 aromatic heterocycles. The van der Waals surface area contributed by atoms with Crippen LogP contribution in [0.25, 0.3) is 17.1 Å². The van der Waals surface area contributed by atoms with Crippen LogP contribution in [-0.4, -0.2) is 37.6 Å². The number of carbonyl (C=O) groups excluding carboxylic acids is 1. The highest BCUT2D eigenvalue weighted by Gasteiger charge is 2.16. The van der Waals surface area contributed by atoms with Gasteiger partial charge in [0.2, 0.25) is 0 Å². The monoisotopic (exact) mass is 441 g/mol. The van der Waals surface area contributed by atoms with E-state index in [1.54, 1.807) is 24.3 Å². The molecule has 0 atom stereocenters. The number of nitrogens with one attached hydrogen (secondary N) is 1. The van der Waals surface area contributed by atoms with E-state index in [0.29, 0.717) is 18.1 Å². The average Bonchev–Trinajstić information content (AvgIpc) is 3.16. The van der Waals surface area contributed by atoms with Crippen LogP contribution in [0, 0.1) is 0 Å². The van der Waals surface area contributed by atoms with Gasteiger partial charge in [-0.05, 0) is 48.0 Å². The predicted octanol–water partition coefficient (Wildman–Crippen LogP) is 4.13. The van der Waals surface area contributed by atoms with Gasteiger partial charge in [0.05, 0.1) is 22.2 Å². The molecule has 0 unspecified atom stereocenters. The predicted molar refractivity (Wildman–Crippen MR) is 123 cm³/mol. The standard InChI is InChI=1S/C25H19N3O5/c29-23(30)14-13-22-27-20-7-3-4-8-21(20)28(22)15-16-9-11-17(12-10-16)26-24(31)18-5-1-2-6-19(18)25(32)33/h1-14H,15H2,(H,26,31)(H,29,30)(H,32,33)/b14-13+. The molecule has 33 heavy (non-hydrogen) atoms. The van der Waals surface area contributed by atoms with Gasteiger partial charge in [-0.25, -0.2) is 14.6 Å². The minimum atomic E-state index is -1.17. The highest BCUT2D eigenvalue weighted by molar-refractivity contribution is 6.10. The zero-order valence-electron chi connectivity index (χ0n) is 17.3. The molecule has 3 N–H and O–H groups in total. The lowest BCUT2D eigenvalue weighted by Crippen LogP contribution is -2.16. The quantitative estimate of drug-likeness (QED) is 0.371. The summed E-state index contributed by atoms with van der Waals surface area (Å²) in [6.45, 7) is 0.440. The molecule has 0 aliphatic heterocycles. The Morgan fingerprint density at radius 1 is 0.879 bits per heavy atom. The molecule has 164 valence electrons. The van der Waals surface area contributed by atoms with Crippen LogP contribution in [0.5, 0.6) is 0 Å². The maximum absolute atomic E-state index is 12.6. The second kappa shape index (κ2) is 9.19. The number of amides is 1. The summed E-state index contributed by atoms with van der Waals surface area (Å²) in [4.78, 5) is 39.4. The Labute approximate surface area is 188 Å². The number of benzene rings is 3. The molecule has 1 amide bonds. The summed E-state index contributed by atoms with van der Waals surface area (Å²) in [5.74, 6) is -2.22. The normalized spacial score (nSPS) is 11.0. The number of aromatic nitrogens is 2. The van der Waals surface area contributed by atoms with Crippen molar-refractivity contribution in [2.75, 3.05) is 5.32 Å². The molecule has 0 aliphatic carbocycles. The fraction of sp³-hybridized carbons (Fsp3) is 0.0400. The molecule has 3 aromatic carbocycles. The van der Waals surface area contributed by atoms with Crippen molar-refractivity contribution in [2.24, 2.45) is 0 Å². The number of aromatic carboxylic acids is 1. The van der Waals surface area contributed by atoms with Crippen molar-refractivity contribution in [3.8, 4) is 0 Å². The van der Waals surface area contributed by atoms with Gasteiger partial charge in [0, 0.05) is 18.3 Å². The summed E-state index contributed by atoms with van der Waals surface area (Å²) in [6, 6.07) is 20.7. The molecule has 0 saturated heterocycles. The zero-order chi connectivity index (χ0) is 23.4. The van der Waals surface area contributed by atoms with Gasteiger partial charge in [0.15, 0.2) is 0 Å². The van der Waals surface area contributed by atoms with Gasteiger partial charge in [-0.1, -0.05) is 36.4 Å². The van der Waals surface area contributed by atoms with Crippen LogP contribution in [-0.2, 0) is 11.3 Å². The molecule has 4 aromatic rings. The Morgan fingerprint density at radius 3 is 2.24 bits per heavy atom. The molecular formula is C25H19N3O5. The molecule has 4 rings (SSSR count). The van der Waals surface area contributed by atoms with Crippen LogP contribution >= 0.6 is 0 Å². The third-order valence-electron chi connectivity index (χ3n) is 5.01. The van der Waals surface area contributed by atoms with Crippen LogP contribution in [0.1, 0.15) is 32.1 Å². The highest BCUT2D eigenvalue weighted by atomic mass is 16.4. The summed E-state index contributed by atoms with van der Waals surface area (Å²) in [7, 11) is 0. The van der Waals surface area contributed by atoms with Gasteiger partial charge < -0.3 is 20.1 Å². The molecule has 0 bridgehead atoms. The number of aliphatic carboxylic acids is 1. The van der Waals surface area contributed by atoms with Crippen LogP contribution in [0.4, 0.5) is 5.69 Å². The Kier molecular flexibility index (Phi) is 5.99. The van der Waals surface area contributed by atoms with E-state index >= 15 is 0 Å². The van der Waals surface area contributed by atoms with Gasteiger partial charge in [0.1, 0.15) is 5.82 Å². The summed E-state index contributed by atoms with van der Waals surface area (Å²) in [5.41, 5.74) is 3.06. The topological polar surface area (TPSA) is 122 Å². The molecule has 0 radical (unpaired) electrons. The smallest absolute Gasteiger partial charge is 0.336 e. The summed E-state index contributed by atoms with van der Waals surface area (Å²) < 4.78 is 1.91. The van der Waals surface area contributed by atoms with Crippen molar-refractivity contribution < 1.29 is 24.6 Å². The second-order valence-corrected chi connectivity index (χ2v) is 7.22. The molecular weight excluding hydrogens is 422 g/mol. The highest BCUT2D eigenvalue weighted by Crippen LogP contribution is 2.20. The maximum Gasteiger partial charge on any atom is 0.336 e. The van der Waals surface area contributed by atoms with Crippen LogP contribution in [0.2, 0.25) is 0 Å². The first-order chi connectivity index (χ1) is 15.9. The summed E-state index contributed by atoms with van der Waals surface area (Å²) in [6.07, 6.45) is 2.50. The number of carboxylic acids is 2. The number of imidazole rings is 1. The van der Waals surface area contributed by atoms with Crippen LogP contribution in [0.15, 0.2) is 78.9 Å². The van der Waals surface area contributed by atoms with Crippen molar-refractivity contribution in [1.29, 1.82) is 0 Å². The fourth-order valence-electron chi connectivity index (χ4n) is 3.48. The van der Waals surface area contributed by atoms with E-state index in [9.17, 15) is 19.5 Å². The number of hydrogen-bond acceptors (Lipinski definition) is 4. The number of fused-ring (bicyclic) bond motifs is 1. The Balaban J connectivity index is 1.56. The number of hydrogen-bond donors (Lipinski definition) is 3. The van der Waals surface area contributed by atoms with Crippen molar-refractivity contribution in [3.05, 3.63) is 101 Å². The van der Waals surface area contributed by atoms with Crippen LogP contribution < -0.4 is 5.32 Å². The van der Waals surface area contributed by atoms with Gasteiger partial charge >= 0.3 is 11.9 Å². The Hall–Kier alpha value is -4.72. The molecule has 0 aliphatic rings. The number of nitrogens with zero attached hydrogens (tertiary/aromatic N) is 2. The van der Waals surface area contributed by atoms with E-state index in [0.717, 1.165) is 22.7 Å². The van der Waals surface area contributed by atoms with E-state index in [1.165, 1.54) is 18.2 Å². The molecule has 0 saturated carbocycles. The number of carbonyl (C=O) groups is 3. The van der Waals surface area contributed by atoms with Gasteiger partial charge in [-0.2, -0.15) is 0 Å². The van der Waals surface area contributed by atoms with Crippen molar-refractivity contribution in [1.82, 2.24) is 9.55 Å². The Morgan fingerprint density at radius 2 is 1.55 bits per heavy atom. The maximum atomic E-state index is 12.6. The van der Waals surface area contributed by atoms with Gasteiger partial charge in [-0.3, -0.25) is 4.79 Å². The van der Waals surface area contributed by atoms with Crippen molar-refractivity contribution in [3.63, 3.8) is 0 Å². The second-order valence-electron chi connectivity index (χ2n) is 7.22. The summed E-state index contributed by atoms with van der Waals surface area (Å²) >= 11 is 0. The number of rotatable bonds is 7. The van der Waals surface area contributed by atoms with E-state index in [-0.39, 0.29) is 11.1 Å². The van der Waals surface area contributed by atoms with Crippen LogP contribution in [0.3, 0.4) is 0 Å². The minimum Gasteiger partial charge on any atom is -0.478 e. The first-order valence-corrected chi connectivity index (χ1v) is 10.0. The largest absolute Gasteiger partial charge is 0.478 e. The third-order valence-corrected chi connectivity index (χ3v) is 5.01. The van der Waals surface area contributed by atoms with Crippen molar-refractivity contribution in [2.45, 2.75) is 6.54 Å². The number of para-hydroxylation sites is 2. The first kappa shape index (κ1) is 21.5. The van der Waals surface area contributed by atoms with Gasteiger partial charge in [0.25, 0.3) is 5.91 Å². The molecule has 8 heteroatoms. The Bertz CT molecular complexity index is 1390. The lowest BCUT2D eigenvalue weighted by Gasteiger charge is -2.10. The van der Waals surface area contributed by atoms with E-state index < -0.39 is 17.8 Å². The molecule has 8 nitrogen and oxygen atoms in total. The van der Waals surface area contributed by atoms with E-state index in [2.05, 4.69) is 10.3 Å². The lowest BCUT2D eigenvalue weighted by atomic mass is 10.1. The lowest BCUT2D eigenvalue weighted by molar-refractivity contribution is -0.131. The van der Waals surface area contributed by atoms with Gasteiger partial charge in [-0.15, -0.1) is 0 Å². The number of anilines is 1. The van der Waals surface area contributed by atoms with Crippen molar-refractivity contribution >= 4 is 40.6 Å². The SMILES string of the molecule is O=C(O)/C=C/c1nc2ccccc2n1Cc1ccc(NC(=O)c2ccccc2C(=O)O)cc1. The average molecular weight is 441 g/mol. The fourth-order valence-corrected chi connectivity index (χ4v) is 3.48. The third kappa shape index (κ3) is 4.80. The summed E-state index contributed by atoms with van der Waals surface area (Å²) in [5, 5.41) is 21.0. The van der Waals surface area contributed by atoms with E-state index in [4.69, 9.17) is 5.11 Å². The van der Waals surface area contributed by atoms with E-state index in [1.807, 2.05) is 41.0 Å².